The normalized spacial score (nSPS) is 16.0. The second-order valence-electron chi connectivity index (χ2n) is 4.46. The number of nitrogens with zero attached hydrogens (tertiary/aromatic N) is 1. The minimum atomic E-state index is -3.65. The molecule has 1 saturated heterocycles. The van der Waals surface area contributed by atoms with E-state index in [2.05, 4.69) is 17.2 Å². The zero-order valence-corrected chi connectivity index (χ0v) is 13.3. The summed E-state index contributed by atoms with van der Waals surface area (Å²) in [6, 6.07) is 3.61. The number of ether oxygens (including phenoxy) is 1. The first kappa shape index (κ1) is 16.8. The van der Waals surface area contributed by atoms with Crippen molar-refractivity contribution in [2.45, 2.75) is 4.90 Å². The molecule has 0 saturated carbocycles. The number of nitrogens with one attached hydrogen (secondary N) is 2. The first-order chi connectivity index (χ1) is 10.4. The molecule has 0 aliphatic carbocycles. The van der Waals surface area contributed by atoms with Gasteiger partial charge in [0.1, 0.15) is 0 Å². The number of anilines is 1. The molecule has 2 N–H and O–H groups in total. The Morgan fingerprint density at radius 3 is 2.68 bits per heavy atom. The maximum atomic E-state index is 12.5. The Morgan fingerprint density at radius 1 is 1.36 bits per heavy atom. The lowest BCUT2D eigenvalue weighted by Gasteiger charge is -2.26. The molecule has 9 heteroatoms. The summed E-state index contributed by atoms with van der Waals surface area (Å²) >= 11 is 5.98. The van der Waals surface area contributed by atoms with Gasteiger partial charge >= 0.3 is 6.03 Å². The first-order valence-corrected chi connectivity index (χ1v) is 8.33. The van der Waals surface area contributed by atoms with Crippen LogP contribution >= 0.6 is 11.6 Å². The van der Waals surface area contributed by atoms with Crippen molar-refractivity contribution < 1.29 is 17.9 Å². The molecule has 0 bridgehead atoms. The highest BCUT2D eigenvalue weighted by Gasteiger charge is 2.27. The monoisotopic (exact) mass is 345 g/mol. The number of halogens is 1. The van der Waals surface area contributed by atoms with E-state index in [1.165, 1.54) is 28.7 Å². The number of rotatable bonds is 4. The van der Waals surface area contributed by atoms with Crippen LogP contribution in [-0.4, -0.2) is 45.1 Å². The van der Waals surface area contributed by atoms with Crippen LogP contribution in [0.2, 0.25) is 5.02 Å². The van der Waals surface area contributed by atoms with Crippen molar-refractivity contribution in [3.63, 3.8) is 0 Å². The summed E-state index contributed by atoms with van der Waals surface area (Å²) in [5.41, 5.74) is 0.204. The number of morpholine rings is 1. The molecule has 1 aliphatic rings. The van der Waals surface area contributed by atoms with Crippen molar-refractivity contribution >= 4 is 33.3 Å². The van der Waals surface area contributed by atoms with Crippen LogP contribution in [0.4, 0.5) is 10.5 Å². The predicted molar refractivity (Wildman–Crippen MR) is 83.4 cm³/mol. The Morgan fingerprint density at radius 2 is 2.05 bits per heavy atom. The molecule has 1 aromatic carbocycles. The number of amides is 2. The quantitative estimate of drug-likeness (QED) is 0.868. The Hall–Kier alpha value is -1.61. The van der Waals surface area contributed by atoms with Gasteiger partial charge in [-0.15, -0.1) is 0 Å². The van der Waals surface area contributed by atoms with Gasteiger partial charge in [-0.25, -0.2) is 13.2 Å². The number of urea groups is 1. The third-order valence-electron chi connectivity index (χ3n) is 3.03. The van der Waals surface area contributed by atoms with E-state index in [-0.39, 0.29) is 15.6 Å². The molecule has 120 valence electrons. The fraction of sp³-hybridized carbons (Fsp3) is 0.308. The van der Waals surface area contributed by atoms with Gasteiger partial charge in [0.25, 0.3) is 0 Å². The van der Waals surface area contributed by atoms with Gasteiger partial charge in [0, 0.05) is 13.1 Å². The summed E-state index contributed by atoms with van der Waals surface area (Å²) in [6.07, 6.45) is 1.21. The van der Waals surface area contributed by atoms with Crippen molar-refractivity contribution in [3.8, 4) is 0 Å². The van der Waals surface area contributed by atoms with E-state index >= 15 is 0 Å². The minimum absolute atomic E-state index is 0.0627. The first-order valence-electron chi connectivity index (χ1n) is 6.51. The van der Waals surface area contributed by atoms with Crippen LogP contribution < -0.4 is 10.6 Å². The molecule has 0 unspecified atom stereocenters. The summed E-state index contributed by atoms with van der Waals surface area (Å²) < 4.78 is 31.6. The molecule has 7 nitrogen and oxygen atoms in total. The van der Waals surface area contributed by atoms with Gasteiger partial charge in [0.2, 0.25) is 10.0 Å². The van der Waals surface area contributed by atoms with Gasteiger partial charge < -0.3 is 15.4 Å². The molecular formula is C13H16ClN3O4S. The molecule has 1 fully saturated rings. The summed E-state index contributed by atoms with van der Waals surface area (Å²) in [6.45, 7) is 4.68. The van der Waals surface area contributed by atoms with Crippen LogP contribution in [-0.2, 0) is 14.8 Å². The minimum Gasteiger partial charge on any atom is -0.379 e. The zero-order valence-electron chi connectivity index (χ0n) is 11.7. The molecule has 2 amide bonds. The number of carbonyl (C=O) groups is 1. The number of benzene rings is 1. The number of sulfonamides is 1. The maximum absolute atomic E-state index is 12.5. The highest BCUT2D eigenvalue weighted by molar-refractivity contribution is 7.89. The summed E-state index contributed by atoms with van der Waals surface area (Å²) in [5.74, 6) is 0. The zero-order chi connectivity index (χ0) is 16.2. The lowest BCUT2D eigenvalue weighted by atomic mass is 10.3. The second kappa shape index (κ2) is 7.10. The van der Waals surface area contributed by atoms with Crippen molar-refractivity contribution in [3.05, 3.63) is 36.0 Å². The highest BCUT2D eigenvalue weighted by Crippen LogP contribution is 2.27. The van der Waals surface area contributed by atoms with Gasteiger partial charge in [-0.3, -0.25) is 0 Å². The van der Waals surface area contributed by atoms with Gasteiger partial charge in [0.15, 0.2) is 0 Å². The molecule has 1 aliphatic heterocycles. The van der Waals surface area contributed by atoms with Crippen molar-refractivity contribution in [1.29, 1.82) is 0 Å². The molecule has 2 rings (SSSR count). The predicted octanol–water partition coefficient (Wildman–Crippen LogP) is 1.63. The Balaban J connectivity index is 2.27. The lowest BCUT2D eigenvalue weighted by molar-refractivity contribution is 0.0730. The van der Waals surface area contributed by atoms with Crippen molar-refractivity contribution in [2.75, 3.05) is 31.6 Å². The third-order valence-corrected chi connectivity index (χ3v) is 5.25. The van der Waals surface area contributed by atoms with E-state index in [9.17, 15) is 13.2 Å². The average molecular weight is 346 g/mol. The van der Waals surface area contributed by atoms with Crippen LogP contribution in [0.5, 0.6) is 0 Å². The topological polar surface area (TPSA) is 87.7 Å². The largest absolute Gasteiger partial charge is 0.379 e. The molecule has 0 atom stereocenters. The second-order valence-corrected chi connectivity index (χ2v) is 6.81. The Labute approximate surface area is 133 Å². The SMILES string of the molecule is C=CNC(=O)Nc1cc(S(=O)(=O)N2CCOCC2)ccc1Cl. The smallest absolute Gasteiger partial charge is 0.323 e. The molecule has 1 heterocycles. The number of hydrogen-bond donors (Lipinski definition) is 2. The average Bonchev–Trinajstić information content (AvgIpc) is 2.50. The van der Waals surface area contributed by atoms with Gasteiger partial charge in [0.05, 0.1) is 28.8 Å². The summed E-state index contributed by atoms with van der Waals surface area (Å²) in [5, 5.41) is 5.02. The van der Waals surface area contributed by atoms with E-state index in [1.807, 2.05) is 0 Å². The van der Waals surface area contributed by atoms with Gasteiger partial charge in [-0.1, -0.05) is 18.2 Å². The van der Waals surface area contributed by atoms with Gasteiger partial charge in [-0.2, -0.15) is 4.31 Å². The molecule has 0 aromatic heterocycles. The Bertz CT molecular complexity index is 672. The molecule has 0 radical (unpaired) electrons. The summed E-state index contributed by atoms with van der Waals surface area (Å²) in [7, 11) is -3.65. The molecular weight excluding hydrogens is 330 g/mol. The fourth-order valence-electron chi connectivity index (χ4n) is 1.95. The van der Waals surface area contributed by atoms with E-state index < -0.39 is 16.1 Å². The summed E-state index contributed by atoms with van der Waals surface area (Å²) in [4.78, 5) is 11.6. The van der Waals surface area contributed by atoms with Crippen molar-refractivity contribution in [1.82, 2.24) is 9.62 Å². The standard InChI is InChI=1S/C13H16ClN3O4S/c1-2-15-13(18)16-12-9-10(3-4-11(12)14)22(19,20)17-5-7-21-8-6-17/h2-4,9H,1,5-8H2,(H2,15,16,18). The number of carbonyl (C=O) groups excluding carboxylic acids is 1. The van der Waals surface area contributed by atoms with E-state index in [0.717, 1.165) is 0 Å². The van der Waals surface area contributed by atoms with Gasteiger partial charge in [-0.05, 0) is 24.4 Å². The van der Waals surface area contributed by atoms with Crippen LogP contribution in [0, 0.1) is 0 Å². The van der Waals surface area contributed by atoms with E-state index in [1.54, 1.807) is 0 Å². The molecule has 0 spiro atoms. The highest BCUT2D eigenvalue weighted by atomic mass is 35.5. The van der Waals surface area contributed by atoms with Crippen LogP contribution in [0.25, 0.3) is 0 Å². The maximum Gasteiger partial charge on any atom is 0.323 e. The van der Waals surface area contributed by atoms with Crippen LogP contribution in [0.1, 0.15) is 0 Å². The fourth-order valence-corrected chi connectivity index (χ4v) is 3.55. The number of hydrogen-bond acceptors (Lipinski definition) is 4. The Kier molecular flexibility index (Phi) is 5.41. The van der Waals surface area contributed by atoms with E-state index in [4.69, 9.17) is 16.3 Å². The molecule has 1 aromatic rings. The van der Waals surface area contributed by atoms with Crippen molar-refractivity contribution in [2.24, 2.45) is 0 Å². The third kappa shape index (κ3) is 3.77. The van der Waals surface area contributed by atoms with Crippen LogP contribution in [0.3, 0.4) is 0 Å². The lowest BCUT2D eigenvalue weighted by Crippen LogP contribution is -2.40. The van der Waals surface area contributed by atoms with E-state index in [0.29, 0.717) is 26.3 Å². The molecule has 22 heavy (non-hydrogen) atoms. The van der Waals surface area contributed by atoms with Crippen LogP contribution in [0.15, 0.2) is 35.9 Å².